The number of halogens is 1. The molecule has 0 aliphatic heterocycles. The van der Waals surface area contributed by atoms with Crippen LogP contribution in [0.25, 0.3) is 0 Å². The zero-order valence-corrected chi connectivity index (χ0v) is 10.4. The molecule has 0 saturated heterocycles. The fourth-order valence-corrected chi connectivity index (χ4v) is 3.46. The highest BCUT2D eigenvalue weighted by Crippen LogP contribution is 2.39. The van der Waals surface area contributed by atoms with Gasteiger partial charge in [0.25, 0.3) is 0 Å². The lowest BCUT2D eigenvalue weighted by atomic mass is 9.75. The first-order valence-corrected chi connectivity index (χ1v) is 7.18. The summed E-state index contributed by atoms with van der Waals surface area (Å²) < 4.78 is 35.5. The molecular formula is C13H16FO2S-. The number of hydrogen-bond donors (Lipinski definition) is 0. The minimum absolute atomic E-state index is 0.0397. The van der Waals surface area contributed by atoms with E-state index in [9.17, 15) is 13.2 Å². The van der Waals surface area contributed by atoms with Crippen molar-refractivity contribution in [1.29, 1.82) is 0 Å². The quantitative estimate of drug-likeness (QED) is 0.779. The van der Waals surface area contributed by atoms with Gasteiger partial charge in [0, 0.05) is 11.7 Å². The van der Waals surface area contributed by atoms with Crippen LogP contribution >= 0.6 is 0 Å². The van der Waals surface area contributed by atoms with E-state index in [-0.39, 0.29) is 17.6 Å². The average molecular weight is 255 g/mol. The number of hydrogen-bond acceptors (Lipinski definition) is 2. The van der Waals surface area contributed by atoms with Crippen LogP contribution in [0.4, 0.5) is 4.39 Å². The molecule has 1 aliphatic rings. The number of rotatable bonds is 3. The van der Waals surface area contributed by atoms with E-state index in [1.165, 1.54) is 0 Å². The molecule has 17 heavy (non-hydrogen) atoms. The van der Waals surface area contributed by atoms with E-state index in [1.807, 2.05) is 30.3 Å². The molecule has 0 spiro atoms. The third kappa shape index (κ3) is 3.13. The maximum absolute atomic E-state index is 13.9. The van der Waals surface area contributed by atoms with E-state index >= 15 is 0 Å². The smallest absolute Gasteiger partial charge is 0.104 e. The SMILES string of the molecule is O=S([O-])CC1C(F)CCCC1c1ccccc1. The van der Waals surface area contributed by atoms with E-state index < -0.39 is 17.3 Å². The molecule has 2 rings (SSSR count). The van der Waals surface area contributed by atoms with Crippen LogP contribution in [0.3, 0.4) is 0 Å². The fraction of sp³-hybridized carbons (Fsp3) is 0.538. The fourth-order valence-electron chi connectivity index (χ4n) is 2.70. The van der Waals surface area contributed by atoms with Crippen molar-refractivity contribution in [1.82, 2.24) is 0 Å². The van der Waals surface area contributed by atoms with Gasteiger partial charge < -0.3 is 4.55 Å². The highest BCUT2D eigenvalue weighted by atomic mass is 32.2. The van der Waals surface area contributed by atoms with Crippen LogP contribution in [0, 0.1) is 5.92 Å². The topological polar surface area (TPSA) is 40.1 Å². The van der Waals surface area contributed by atoms with Crippen molar-refractivity contribution in [2.24, 2.45) is 5.92 Å². The molecule has 4 unspecified atom stereocenters. The molecule has 0 radical (unpaired) electrons. The Labute approximate surface area is 104 Å². The monoisotopic (exact) mass is 255 g/mol. The van der Waals surface area contributed by atoms with E-state index in [2.05, 4.69) is 0 Å². The van der Waals surface area contributed by atoms with Crippen molar-refractivity contribution in [3.8, 4) is 0 Å². The zero-order chi connectivity index (χ0) is 12.3. The van der Waals surface area contributed by atoms with Gasteiger partial charge in [-0.15, -0.1) is 0 Å². The van der Waals surface area contributed by atoms with Gasteiger partial charge >= 0.3 is 0 Å². The van der Waals surface area contributed by atoms with Crippen molar-refractivity contribution < 1.29 is 13.2 Å². The molecule has 4 heteroatoms. The molecule has 0 heterocycles. The third-order valence-corrected chi connectivity index (χ3v) is 4.19. The van der Waals surface area contributed by atoms with Crippen LogP contribution in [0.5, 0.6) is 0 Å². The Kier molecular flexibility index (Phi) is 4.29. The predicted molar refractivity (Wildman–Crippen MR) is 65.2 cm³/mol. The molecule has 0 amide bonds. The maximum atomic E-state index is 13.9. The van der Waals surface area contributed by atoms with Gasteiger partial charge in [-0.3, -0.25) is 4.21 Å². The lowest BCUT2D eigenvalue weighted by Crippen LogP contribution is -2.32. The summed E-state index contributed by atoms with van der Waals surface area (Å²) in [7, 11) is 0. The Hall–Kier alpha value is -0.740. The summed E-state index contributed by atoms with van der Waals surface area (Å²) >= 11 is -2.17. The summed E-state index contributed by atoms with van der Waals surface area (Å²) in [6.45, 7) is 0. The first kappa shape index (κ1) is 12.7. The molecule has 2 nitrogen and oxygen atoms in total. The van der Waals surface area contributed by atoms with Crippen molar-refractivity contribution in [3.05, 3.63) is 35.9 Å². The van der Waals surface area contributed by atoms with Gasteiger partial charge in [0.1, 0.15) is 6.17 Å². The molecular weight excluding hydrogens is 239 g/mol. The van der Waals surface area contributed by atoms with Crippen LogP contribution in [0.2, 0.25) is 0 Å². The molecule has 1 saturated carbocycles. The van der Waals surface area contributed by atoms with Crippen LogP contribution in [0.1, 0.15) is 30.7 Å². The van der Waals surface area contributed by atoms with E-state index in [0.29, 0.717) is 6.42 Å². The van der Waals surface area contributed by atoms with Crippen molar-refractivity contribution in [2.75, 3.05) is 5.75 Å². The molecule has 94 valence electrons. The molecule has 1 aromatic rings. The van der Waals surface area contributed by atoms with Gasteiger partial charge in [-0.1, -0.05) is 41.4 Å². The Morgan fingerprint density at radius 2 is 2.00 bits per heavy atom. The zero-order valence-electron chi connectivity index (χ0n) is 9.55. The highest BCUT2D eigenvalue weighted by Gasteiger charge is 2.34. The molecule has 1 fully saturated rings. The van der Waals surface area contributed by atoms with Crippen LogP contribution in [-0.4, -0.2) is 20.7 Å². The first-order chi connectivity index (χ1) is 8.18. The van der Waals surface area contributed by atoms with Crippen molar-refractivity contribution in [2.45, 2.75) is 31.4 Å². The lowest BCUT2D eigenvalue weighted by molar-refractivity contribution is 0.158. The van der Waals surface area contributed by atoms with Gasteiger partial charge in [-0.25, -0.2) is 4.39 Å². The highest BCUT2D eigenvalue weighted by molar-refractivity contribution is 7.79. The van der Waals surface area contributed by atoms with Crippen LogP contribution in [-0.2, 0) is 11.1 Å². The summed E-state index contributed by atoms with van der Waals surface area (Å²) in [5, 5.41) is 0. The summed E-state index contributed by atoms with van der Waals surface area (Å²) in [6, 6.07) is 9.68. The maximum Gasteiger partial charge on any atom is 0.104 e. The Bertz CT molecular complexity index is 382. The molecule has 0 aromatic heterocycles. The van der Waals surface area contributed by atoms with Crippen LogP contribution in [0.15, 0.2) is 30.3 Å². The van der Waals surface area contributed by atoms with Crippen molar-refractivity contribution >= 4 is 11.1 Å². The molecule has 0 N–H and O–H groups in total. The Morgan fingerprint density at radius 3 is 2.65 bits per heavy atom. The third-order valence-electron chi connectivity index (χ3n) is 3.53. The first-order valence-electron chi connectivity index (χ1n) is 5.93. The van der Waals surface area contributed by atoms with Crippen LogP contribution < -0.4 is 0 Å². The van der Waals surface area contributed by atoms with E-state index in [4.69, 9.17) is 0 Å². The van der Waals surface area contributed by atoms with Gasteiger partial charge in [0.05, 0.1) is 0 Å². The van der Waals surface area contributed by atoms with Crippen molar-refractivity contribution in [3.63, 3.8) is 0 Å². The Morgan fingerprint density at radius 1 is 1.29 bits per heavy atom. The van der Waals surface area contributed by atoms with Gasteiger partial charge in [0.15, 0.2) is 0 Å². The number of benzene rings is 1. The summed E-state index contributed by atoms with van der Waals surface area (Å²) in [6.07, 6.45) is 1.21. The average Bonchev–Trinajstić information content (AvgIpc) is 2.32. The molecule has 0 bridgehead atoms. The normalized spacial score (nSPS) is 31.1. The predicted octanol–water partition coefficient (Wildman–Crippen LogP) is 2.79. The second-order valence-electron chi connectivity index (χ2n) is 4.60. The summed E-state index contributed by atoms with van der Waals surface area (Å²) in [5.41, 5.74) is 1.06. The van der Waals surface area contributed by atoms with Gasteiger partial charge in [-0.2, -0.15) is 0 Å². The number of alkyl halides is 1. The lowest BCUT2D eigenvalue weighted by Gasteiger charge is -2.35. The molecule has 1 aromatic carbocycles. The Balaban J connectivity index is 2.20. The van der Waals surface area contributed by atoms with E-state index in [0.717, 1.165) is 18.4 Å². The summed E-state index contributed by atoms with van der Waals surface area (Å²) in [5.74, 6) is -0.414. The minimum atomic E-state index is -2.17. The largest absolute Gasteiger partial charge is 0.772 e. The summed E-state index contributed by atoms with van der Waals surface area (Å²) in [4.78, 5) is 0. The molecule has 1 aliphatic carbocycles. The van der Waals surface area contributed by atoms with E-state index in [1.54, 1.807) is 0 Å². The standard InChI is InChI=1S/C13H17FO2S/c14-13-8-4-7-11(12(13)9-17(15)16)10-5-2-1-3-6-10/h1-3,5-6,11-13H,4,7-9H2,(H,15,16)/p-1. The molecule has 4 atom stereocenters. The van der Waals surface area contributed by atoms with Gasteiger partial charge in [-0.05, 0) is 30.7 Å². The second-order valence-corrected chi connectivity index (χ2v) is 5.54. The van der Waals surface area contributed by atoms with Gasteiger partial charge in [0.2, 0.25) is 0 Å². The minimum Gasteiger partial charge on any atom is -0.772 e. The second kappa shape index (κ2) is 5.74.